The molecule has 1 aliphatic rings. The zero-order chi connectivity index (χ0) is 18.3. The Balaban J connectivity index is -0.000000400. The van der Waals surface area contributed by atoms with Crippen LogP contribution in [0.15, 0.2) is 12.3 Å². The van der Waals surface area contributed by atoms with E-state index in [-0.39, 0.29) is 22.3 Å². The molecule has 0 aliphatic heterocycles. The minimum atomic E-state index is -3.00. The summed E-state index contributed by atoms with van der Waals surface area (Å²) in [6.45, 7) is 9.78. The van der Waals surface area contributed by atoms with E-state index in [1.54, 1.807) is 0 Å². The first-order valence-corrected chi connectivity index (χ1v) is 10.6. The molecule has 0 amide bonds. The van der Waals surface area contributed by atoms with Gasteiger partial charge in [-0.1, -0.05) is 48.6 Å². The summed E-state index contributed by atoms with van der Waals surface area (Å²) in [5, 5.41) is 0. The maximum absolute atomic E-state index is 10.9. The lowest BCUT2D eigenvalue weighted by Crippen LogP contribution is -2.32. The second-order valence-corrected chi connectivity index (χ2v) is 9.04. The Morgan fingerprint density at radius 2 is 1.74 bits per heavy atom. The number of sulfonamides is 1. The molecule has 5 nitrogen and oxygen atoms in total. The van der Waals surface area contributed by atoms with Crippen molar-refractivity contribution in [2.24, 2.45) is 23.5 Å². The van der Waals surface area contributed by atoms with Crippen LogP contribution < -0.4 is 10.5 Å². The first-order chi connectivity index (χ1) is 11.1. The SMILES string of the molecule is C.C.C.CC1CCC(CNS(C)(=O)=O)CC1C.Cc1cc(CN)cnc1C. The normalized spacial score (nSPS) is 21.5. The molecule has 1 heterocycles. The Morgan fingerprint density at radius 1 is 1.15 bits per heavy atom. The highest BCUT2D eigenvalue weighted by Gasteiger charge is 2.24. The van der Waals surface area contributed by atoms with Gasteiger partial charge in [-0.3, -0.25) is 4.98 Å². The molecule has 1 aromatic rings. The molecule has 0 spiro atoms. The first kappa shape index (κ1) is 30.7. The van der Waals surface area contributed by atoms with E-state index in [4.69, 9.17) is 5.73 Å². The number of aromatic nitrogens is 1. The molecule has 0 aromatic carbocycles. The third-order valence-electron chi connectivity index (χ3n) is 4.97. The molecule has 0 saturated heterocycles. The largest absolute Gasteiger partial charge is 0.326 e. The molecule has 1 aromatic heterocycles. The van der Waals surface area contributed by atoms with Crippen molar-refractivity contribution < 1.29 is 8.42 Å². The van der Waals surface area contributed by atoms with Crippen LogP contribution >= 0.6 is 0 Å². The number of aryl methyl sites for hydroxylation is 2. The fourth-order valence-electron chi connectivity index (χ4n) is 2.93. The molecular formula is C21H45N3O2S. The summed E-state index contributed by atoms with van der Waals surface area (Å²) in [5.41, 5.74) is 8.82. The van der Waals surface area contributed by atoms with Crippen molar-refractivity contribution in [3.05, 3.63) is 29.1 Å². The van der Waals surface area contributed by atoms with E-state index in [0.717, 1.165) is 35.9 Å². The van der Waals surface area contributed by atoms with Crippen molar-refractivity contribution in [2.75, 3.05) is 12.8 Å². The van der Waals surface area contributed by atoms with Crippen LogP contribution in [0.5, 0.6) is 0 Å². The average molecular weight is 404 g/mol. The molecule has 1 fully saturated rings. The van der Waals surface area contributed by atoms with Crippen molar-refractivity contribution in [1.29, 1.82) is 0 Å². The van der Waals surface area contributed by atoms with Gasteiger partial charge in [-0.05, 0) is 55.6 Å². The van der Waals surface area contributed by atoms with Gasteiger partial charge in [-0.25, -0.2) is 13.1 Å². The van der Waals surface area contributed by atoms with Gasteiger partial charge in [0.15, 0.2) is 0 Å². The summed E-state index contributed by atoms with van der Waals surface area (Å²) in [5.74, 6) is 2.07. The summed E-state index contributed by atoms with van der Waals surface area (Å²) < 4.78 is 24.4. The highest BCUT2D eigenvalue weighted by Crippen LogP contribution is 2.32. The Hall–Kier alpha value is -0.980. The van der Waals surface area contributed by atoms with Crippen LogP contribution in [0.1, 0.15) is 72.2 Å². The van der Waals surface area contributed by atoms with Crippen LogP contribution in [-0.4, -0.2) is 26.2 Å². The summed E-state index contributed by atoms with van der Waals surface area (Å²) in [4.78, 5) is 4.17. The van der Waals surface area contributed by atoms with Crippen molar-refractivity contribution >= 4 is 10.0 Å². The molecule has 0 radical (unpaired) electrons. The number of hydrogen-bond acceptors (Lipinski definition) is 4. The molecule has 2 rings (SSSR count). The number of rotatable bonds is 4. The number of hydrogen-bond donors (Lipinski definition) is 2. The molecule has 162 valence electrons. The van der Waals surface area contributed by atoms with Gasteiger partial charge in [-0.2, -0.15) is 0 Å². The van der Waals surface area contributed by atoms with E-state index in [9.17, 15) is 8.42 Å². The van der Waals surface area contributed by atoms with Crippen LogP contribution in [0.3, 0.4) is 0 Å². The van der Waals surface area contributed by atoms with Crippen molar-refractivity contribution in [3.63, 3.8) is 0 Å². The lowest BCUT2D eigenvalue weighted by atomic mass is 9.76. The Morgan fingerprint density at radius 3 is 2.19 bits per heavy atom. The molecule has 3 unspecified atom stereocenters. The van der Waals surface area contributed by atoms with Crippen LogP contribution in [0.4, 0.5) is 0 Å². The Bertz CT molecular complexity index is 618. The second-order valence-electron chi connectivity index (χ2n) is 7.20. The predicted octanol–water partition coefficient (Wildman–Crippen LogP) is 4.67. The molecule has 27 heavy (non-hydrogen) atoms. The maximum atomic E-state index is 10.9. The van der Waals surface area contributed by atoms with Gasteiger partial charge < -0.3 is 5.73 Å². The van der Waals surface area contributed by atoms with Gasteiger partial charge in [-0.15, -0.1) is 0 Å². The van der Waals surface area contributed by atoms with Crippen LogP contribution in [0.25, 0.3) is 0 Å². The summed E-state index contributed by atoms with van der Waals surface area (Å²) in [6.07, 6.45) is 6.60. The van der Waals surface area contributed by atoms with E-state index < -0.39 is 10.0 Å². The summed E-state index contributed by atoms with van der Waals surface area (Å²) in [7, 11) is -3.00. The van der Waals surface area contributed by atoms with Crippen LogP contribution in [0.2, 0.25) is 0 Å². The molecule has 1 aliphatic carbocycles. The predicted molar refractivity (Wildman–Crippen MR) is 120 cm³/mol. The van der Waals surface area contributed by atoms with Gasteiger partial charge >= 0.3 is 0 Å². The maximum Gasteiger partial charge on any atom is 0.208 e. The highest BCUT2D eigenvalue weighted by molar-refractivity contribution is 7.88. The fourth-order valence-corrected chi connectivity index (χ4v) is 3.47. The van der Waals surface area contributed by atoms with E-state index in [2.05, 4.69) is 29.6 Å². The minimum Gasteiger partial charge on any atom is -0.326 e. The van der Waals surface area contributed by atoms with Crippen LogP contribution in [-0.2, 0) is 16.6 Å². The number of pyridine rings is 1. The molecule has 6 heteroatoms. The van der Waals surface area contributed by atoms with Crippen molar-refractivity contribution in [2.45, 2.75) is 75.8 Å². The number of nitrogens with zero attached hydrogens (tertiary/aromatic N) is 1. The van der Waals surface area contributed by atoms with Gasteiger partial charge in [0, 0.05) is 25.0 Å². The van der Waals surface area contributed by atoms with E-state index in [1.807, 2.05) is 20.0 Å². The zero-order valence-corrected chi connectivity index (χ0v) is 16.5. The second kappa shape index (κ2) is 14.1. The summed E-state index contributed by atoms with van der Waals surface area (Å²) in [6, 6.07) is 2.07. The van der Waals surface area contributed by atoms with E-state index in [0.29, 0.717) is 19.0 Å². The molecule has 0 bridgehead atoms. The quantitative estimate of drug-likeness (QED) is 0.765. The third-order valence-corrected chi connectivity index (χ3v) is 5.66. The number of nitrogens with one attached hydrogen (secondary N) is 1. The number of nitrogens with two attached hydrogens (primary N) is 1. The molecule has 3 N–H and O–H groups in total. The fraction of sp³-hybridized carbons (Fsp3) is 0.762. The zero-order valence-electron chi connectivity index (χ0n) is 15.7. The minimum absolute atomic E-state index is 0. The Labute approximate surface area is 169 Å². The monoisotopic (exact) mass is 403 g/mol. The van der Waals surface area contributed by atoms with E-state index >= 15 is 0 Å². The van der Waals surface area contributed by atoms with Gasteiger partial charge in [0.25, 0.3) is 0 Å². The van der Waals surface area contributed by atoms with Gasteiger partial charge in [0.05, 0.1) is 6.26 Å². The topological polar surface area (TPSA) is 85.1 Å². The van der Waals surface area contributed by atoms with Crippen LogP contribution in [0, 0.1) is 31.6 Å². The first-order valence-electron chi connectivity index (χ1n) is 8.69. The van der Waals surface area contributed by atoms with Crippen molar-refractivity contribution in [3.8, 4) is 0 Å². The van der Waals surface area contributed by atoms with E-state index in [1.165, 1.54) is 18.2 Å². The molecule has 3 atom stereocenters. The average Bonchev–Trinajstić information content (AvgIpc) is 2.51. The van der Waals surface area contributed by atoms with Crippen molar-refractivity contribution in [1.82, 2.24) is 9.71 Å². The highest BCUT2D eigenvalue weighted by atomic mass is 32.2. The van der Waals surface area contributed by atoms with Gasteiger partial charge in [0.1, 0.15) is 0 Å². The van der Waals surface area contributed by atoms with Gasteiger partial charge in [0.2, 0.25) is 10.0 Å². The molecule has 1 saturated carbocycles. The standard InChI is InChI=1S/C10H21NO2S.C8H12N2.3CH4/c1-8-4-5-10(6-9(8)2)7-11-14(3,12)13;1-6-3-8(4-9)5-10-7(6)2;;;/h8-11H,4-7H2,1-3H3;3,5H,4,9H2,1-2H3;3*1H4. The lowest BCUT2D eigenvalue weighted by molar-refractivity contribution is 0.210. The Kier molecular flexibility index (Phi) is 16.0. The lowest BCUT2D eigenvalue weighted by Gasteiger charge is -2.31. The molecular weight excluding hydrogens is 358 g/mol. The summed E-state index contributed by atoms with van der Waals surface area (Å²) >= 11 is 0. The smallest absolute Gasteiger partial charge is 0.208 e. The third kappa shape index (κ3) is 12.2.